The van der Waals surface area contributed by atoms with Gasteiger partial charge in [-0.15, -0.1) is 0 Å². The molecule has 0 spiro atoms. The van der Waals surface area contributed by atoms with E-state index in [0.29, 0.717) is 29.2 Å². The number of ether oxygens (including phenoxy) is 1. The summed E-state index contributed by atoms with van der Waals surface area (Å²) in [5, 5.41) is 8.82. The number of carbonyl (C=O) groups excluding carboxylic acids is 1. The van der Waals surface area contributed by atoms with Crippen LogP contribution < -0.4 is 0 Å². The average molecular weight is 209 g/mol. The Bertz CT molecular complexity index is 451. The van der Waals surface area contributed by atoms with Gasteiger partial charge in [-0.25, -0.2) is 4.79 Å². The number of fused-ring (bicyclic) bond motifs is 1. The molecular formula is C10H11NO4. The largest absolute Gasteiger partial charge is 0.461 e. The summed E-state index contributed by atoms with van der Waals surface area (Å²) < 4.78 is 10.1. The second kappa shape index (κ2) is 3.78. The summed E-state index contributed by atoms with van der Waals surface area (Å²) in [4.78, 5) is 14.2. The van der Waals surface area contributed by atoms with Gasteiger partial charge >= 0.3 is 5.97 Å². The van der Waals surface area contributed by atoms with Gasteiger partial charge in [0.05, 0.1) is 12.1 Å². The highest BCUT2D eigenvalue weighted by Gasteiger charge is 2.13. The summed E-state index contributed by atoms with van der Waals surface area (Å²) in [6.45, 7) is 1.92. The molecule has 0 aromatic carbocycles. The topological polar surface area (TPSA) is 75.5 Å². The van der Waals surface area contributed by atoms with E-state index in [2.05, 4.69) is 4.98 Å². The monoisotopic (exact) mass is 209 g/mol. The number of nitrogens with one attached hydrogen (secondary N) is 1. The molecule has 2 heterocycles. The fraction of sp³-hybridized carbons (Fsp3) is 0.300. The molecule has 0 unspecified atom stereocenters. The highest BCUT2D eigenvalue weighted by Crippen LogP contribution is 2.20. The number of hydrogen-bond acceptors (Lipinski definition) is 4. The van der Waals surface area contributed by atoms with Crippen molar-refractivity contribution in [2.45, 2.75) is 13.5 Å². The van der Waals surface area contributed by atoms with Crippen molar-refractivity contribution in [3.63, 3.8) is 0 Å². The van der Waals surface area contributed by atoms with Crippen LogP contribution in [0.15, 0.2) is 16.5 Å². The lowest BCUT2D eigenvalue weighted by atomic mass is 10.4. The Morgan fingerprint density at radius 3 is 3.00 bits per heavy atom. The molecule has 2 rings (SSSR count). The quantitative estimate of drug-likeness (QED) is 0.750. The second-order valence-corrected chi connectivity index (χ2v) is 3.05. The van der Waals surface area contributed by atoms with E-state index in [9.17, 15) is 4.79 Å². The number of esters is 1. The van der Waals surface area contributed by atoms with Crippen LogP contribution in [0.1, 0.15) is 23.2 Å². The maximum atomic E-state index is 11.3. The predicted octanol–water partition coefficient (Wildman–Crippen LogP) is 1.43. The van der Waals surface area contributed by atoms with Crippen LogP contribution in [0.2, 0.25) is 0 Å². The van der Waals surface area contributed by atoms with Crippen molar-refractivity contribution in [3.05, 3.63) is 23.6 Å². The Morgan fingerprint density at radius 2 is 2.40 bits per heavy atom. The van der Waals surface area contributed by atoms with E-state index in [1.54, 1.807) is 19.1 Å². The zero-order valence-electron chi connectivity index (χ0n) is 8.24. The van der Waals surface area contributed by atoms with Crippen LogP contribution >= 0.6 is 0 Å². The molecular weight excluding hydrogens is 198 g/mol. The van der Waals surface area contributed by atoms with Gasteiger partial charge < -0.3 is 19.2 Å². The Labute approximate surface area is 85.6 Å². The van der Waals surface area contributed by atoms with Gasteiger partial charge in [-0.2, -0.15) is 0 Å². The molecule has 0 aliphatic heterocycles. The van der Waals surface area contributed by atoms with Gasteiger partial charge in [-0.3, -0.25) is 0 Å². The van der Waals surface area contributed by atoms with E-state index >= 15 is 0 Å². The van der Waals surface area contributed by atoms with Crippen molar-refractivity contribution in [1.29, 1.82) is 0 Å². The number of furan rings is 1. The Morgan fingerprint density at radius 1 is 1.60 bits per heavy atom. The molecule has 2 aromatic rings. The molecule has 80 valence electrons. The van der Waals surface area contributed by atoms with Gasteiger partial charge in [0.2, 0.25) is 0 Å². The fourth-order valence-corrected chi connectivity index (χ4v) is 1.37. The minimum absolute atomic E-state index is 0.155. The molecule has 0 aliphatic rings. The third kappa shape index (κ3) is 1.73. The van der Waals surface area contributed by atoms with Crippen LogP contribution in [0.4, 0.5) is 0 Å². The third-order valence-electron chi connectivity index (χ3n) is 2.01. The second-order valence-electron chi connectivity index (χ2n) is 3.05. The van der Waals surface area contributed by atoms with Gasteiger partial charge in [0.25, 0.3) is 0 Å². The van der Waals surface area contributed by atoms with Gasteiger partial charge in [-0.05, 0) is 6.92 Å². The van der Waals surface area contributed by atoms with E-state index in [1.165, 1.54) is 0 Å². The average Bonchev–Trinajstić information content (AvgIpc) is 2.74. The lowest BCUT2D eigenvalue weighted by Crippen LogP contribution is -2.04. The normalized spacial score (nSPS) is 10.8. The number of aliphatic hydroxyl groups is 1. The first-order valence-electron chi connectivity index (χ1n) is 4.64. The van der Waals surface area contributed by atoms with Crippen molar-refractivity contribution in [2.75, 3.05) is 6.61 Å². The van der Waals surface area contributed by atoms with Crippen LogP contribution in [-0.4, -0.2) is 22.7 Å². The van der Waals surface area contributed by atoms with E-state index in [-0.39, 0.29) is 6.61 Å². The molecule has 5 heteroatoms. The first kappa shape index (κ1) is 9.79. The molecule has 15 heavy (non-hydrogen) atoms. The van der Waals surface area contributed by atoms with Gasteiger partial charge in [0.1, 0.15) is 18.1 Å². The third-order valence-corrected chi connectivity index (χ3v) is 2.01. The van der Waals surface area contributed by atoms with Crippen LogP contribution in [0.3, 0.4) is 0 Å². The number of aromatic nitrogens is 1. The number of aromatic amines is 1. The molecule has 0 aliphatic carbocycles. The Balaban J connectivity index is 2.32. The summed E-state index contributed by atoms with van der Waals surface area (Å²) >= 11 is 0. The predicted molar refractivity (Wildman–Crippen MR) is 52.4 cm³/mol. The van der Waals surface area contributed by atoms with Crippen LogP contribution in [0, 0.1) is 0 Å². The standard InChI is InChI=1S/C10H11NO4/c1-2-14-10(13)8-4-9-7(11-8)3-6(5-12)15-9/h3-4,11-12H,2,5H2,1H3. The minimum Gasteiger partial charge on any atom is -0.461 e. The summed E-state index contributed by atoms with van der Waals surface area (Å²) in [6, 6.07) is 3.21. The molecule has 0 fully saturated rings. The SMILES string of the molecule is CCOC(=O)c1cc2oc(CO)cc2[nH]1. The molecule has 2 aromatic heterocycles. The molecule has 0 atom stereocenters. The van der Waals surface area contributed by atoms with Crippen LogP contribution in [0.25, 0.3) is 11.1 Å². The number of carbonyl (C=O) groups is 1. The smallest absolute Gasteiger partial charge is 0.354 e. The summed E-state index contributed by atoms with van der Waals surface area (Å²) in [5.41, 5.74) is 1.58. The summed E-state index contributed by atoms with van der Waals surface area (Å²) in [7, 11) is 0. The first-order chi connectivity index (χ1) is 7.24. The lowest BCUT2D eigenvalue weighted by Gasteiger charge is -1.96. The Kier molecular flexibility index (Phi) is 2.47. The first-order valence-corrected chi connectivity index (χ1v) is 4.64. The number of rotatable bonds is 3. The van der Waals surface area contributed by atoms with Crippen LogP contribution in [0.5, 0.6) is 0 Å². The van der Waals surface area contributed by atoms with Crippen molar-refractivity contribution in [1.82, 2.24) is 4.98 Å². The number of hydrogen-bond donors (Lipinski definition) is 2. The number of aliphatic hydroxyl groups excluding tert-OH is 1. The van der Waals surface area contributed by atoms with Gasteiger partial charge in [-0.1, -0.05) is 0 Å². The zero-order chi connectivity index (χ0) is 10.8. The molecule has 5 nitrogen and oxygen atoms in total. The highest BCUT2D eigenvalue weighted by atomic mass is 16.5. The van der Waals surface area contributed by atoms with E-state index < -0.39 is 5.97 Å². The van der Waals surface area contributed by atoms with Crippen LogP contribution in [-0.2, 0) is 11.3 Å². The molecule has 0 bridgehead atoms. The van der Waals surface area contributed by atoms with E-state index in [0.717, 1.165) is 0 Å². The molecule has 0 radical (unpaired) electrons. The molecule has 0 saturated carbocycles. The van der Waals surface area contributed by atoms with Crippen molar-refractivity contribution < 1.29 is 19.1 Å². The van der Waals surface area contributed by atoms with Gasteiger partial charge in [0, 0.05) is 12.1 Å². The Hall–Kier alpha value is -1.75. The van der Waals surface area contributed by atoms with Crippen molar-refractivity contribution >= 4 is 17.1 Å². The molecule has 0 saturated heterocycles. The van der Waals surface area contributed by atoms with Crippen molar-refractivity contribution in [2.24, 2.45) is 0 Å². The van der Waals surface area contributed by atoms with Crippen molar-refractivity contribution in [3.8, 4) is 0 Å². The summed E-state index contributed by atoms with van der Waals surface area (Å²) in [5.74, 6) is 0.0566. The van der Waals surface area contributed by atoms with Gasteiger partial charge in [0.15, 0.2) is 5.58 Å². The highest BCUT2D eigenvalue weighted by molar-refractivity contribution is 5.93. The fourth-order valence-electron chi connectivity index (χ4n) is 1.37. The zero-order valence-corrected chi connectivity index (χ0v) is 8.24. The maximum absolute atomic E-state index is 11.3. The maximum Gasteiger partial charge on any atom is 0.354 e. The van der Waals surface area contributed by atoms with E-state index in [4.69, 9.17) is 14.3 Å². The summed E-state index contributed by atoms with van der Waals surface area (Å²) in [6.07, 6.45) is 0. The van der Waals surface area contributed by atoms with E-state index in [1.807, 2.05) is 0 Å². The molecule has 0 amide bonds. The molecule has 2 N–H and O–H groups in total. The number of H-pyrrole nitrogens is 1. The lowest BCUT2D eigenvalue weighted by molar-refractivity contribution is 0.0520. The minimum atomic E-state index is -0.408.